The second kappa shape index (κ2) is 14.6. The third-order valence-corrected chi connectivity index (χ3v) is 7.07. The van der Waals surface area contributed by atoms with Gasteiger partial charge in [0.05, 0.1) is 60.9 Å². The predicted molar refractivity (Wildman–Crippen MR) is 159 cm³/mol. The largest absolute Gasteiger partial charge is 0.377 e. The molecular formula is C30H30N6O10. The number of piperidine rings is 1. The topological polar surface area (TPSA) is 215 Å². The second-order valence-corrected chi connectivity index (χ2v) is 10.2. The number of amides is 6. The maximum atomic E-state index is 13.1. The highest BCUT2D eigenvalue weighted by Gasteiger charge is 2.45. The van der Waals surface area contributed by atoms with Crippen LogP contribution in [0.4, 0.5) is 5.69 Å². The summed E-state index contributed by atoms with van der Waals surface area (Å²) in [5, 5.41) is 7.28. The molecule has 5 rings (SSSR count). The van der Waals surface area contributed by atoms with Gasteiger partial charge in [-0.2, -0.15) is 0 Å². The first-order valence-electron chi connectivity index (χ1n) is 14.4. The molecule has 0 saturated carbocycles. The van der Waals surface area contributed by atoms with E-state index in [0.29, 0.717) is 11.0 Å². The minimum absolute atomic E-state index is 0.00329. The molecule has 2 aliphatic rings. The van der Waals surface area contributed by atoms with Crippen LogP contribution in [-0.4, -0.2) is 103 Å². The summed E-state index contributed by atoms with van der Waals surface area (Å²) in [6.45, 7) is 0.697. The lowest BCUT2D eigenvalue weighted by atomic mass is 10.0. The lowest BCUT2D eigenvalue weighted by Crippen LogP contribution is -2.54. The number of benzene rings is 2. The maximum absolute atomic E-state index is 13.1. The zero-order valence-corrected chi connectivity index (χ0v) is 24.5. The van der Waals surface area contributed by atoms with Gasteiger partial charge >= 0.3 is 0 Å². The number of aromatic nitrogens is 2. The van der Waals surface area contributed by atoms with Crippen molar-refractivity contribution in [3.05, 3.63) is 69.6 Å². The molecule has 1 atom stereocenters. The SMILES string of the molecule is O=C1CCC(N2C(=O)c3cccc(NC(=O)COCCOCCOCCNC(=O)c4nc5ccccc5[nH]c4=O)c3C2=O)C(=O)N1. The van der Waals surface area contributed by atoms with E-state index in [1.807, 2.05) is 0 Å². The number of aromatic amines is 1. The van der Waals surface area contributed by atoms with Crippen molar-refractivity contribution in [2.24, 2.45) is 0 Å². The Balaban J connectivity index is 0.955. The first kappa shape index (κ1) is 32.1. The number of carbonyl (C=O) groups is 6. The summed E-state index contributed by atoms with van der Waals surface area (Å²) in [6, 6.07) is 10.2. The molecule has 0 bridgehead atoms. The lowest BCUT2D eigenvalue weighted by Gasteiger charge is -2.27. The van der Waals surface area contributed by atoms with E-state index in [0.717, 1.165) is 4.90 Å². The van der Waals surface area contributed by atoms with Gasteiger partial charge in [0, 0.05) is 13.0 Å². The standard InChI is InChI=1S/C30H30N6O10/c37-22-9-8-21(26(39)35-22)36-29(42)17-4-3-7-20(24(17)30(36)43)32-23(38)16-46-15-14-45-13-12-44-11-10-31-27(40)25-28(41)34-19-6-2-1-5-18(19)33-25/h1-7,21H,8-16H2,(H,31,40)(H,32,38)(H,34,41)(H,35,37,39). The number of para-hydroxylation sites is 2. The molecule has 3 aromatic rings. The number of nitrogens with zero attached hydrogens (tertiary/aromatic N) is 2. The van der Waals surface area contributed by atoms with Crippen molar-refractivity contribution < 1.29 is 43.0 Å². The van der Waals surface area contributed by atoms with Gasteiger partial charge in [-0.1, -0.05) is 18.2 Å². The summed E-state index contributed by atoms with van der Waals surface area (Å²) in [5.74, 6) is -3.79. The van der Waals surface area contributed by atoms with Crippen molar-refractivity contribution >= 4 is 52.2 Å². The number of imide groups is 2. The molecule has 2 aliphatic heterocycles. The molecular weight excluding hydrogens is 604 g/mol. The van der Waals surface area contributed by atoms with Gasteiger partial charge in [0.2, 0.25) is 17.7 Å². The first-order valence-corrected chi connectivity index (χ1v) is 14.4. The fraction of sp³-hybridized carbons (Fsp3) is 0.333. The molecule has 16 nitrogen and oxygen atoms in total. The van der Waals surface area contributed by atoms with Crippen LogP contribution in [0.15, 0.2) is 47.3 Å². The highest BCUT2D eigenvalue weighted by molar-refractivity contribution is 6.26. The van der Waals surface area contributed by atoms with Crippen molar-refractivity contribution in [1.29, 1.82) is 0 Å². The summed E-state index contributed by atoms with van der Waals surface area (Å²) in [4.78, 5) is 94.2. The molecule has 1 fully saturated rings. The Kier molecular flexibility index (Phi) is 10.2. The number of rotatable bonds is 14. The van der Waals surface area contributed by atoms with E-state index in [9.17, 15) is 33.6 Å². The first-order chi connectivity index (χ1) is 22.2. The van der Waals surface area contributed by atoms with Crippen molar-refractivity contribution in [2.45, 2.75) is 18.9 Å². The van der Waals surface area contributed by atoms with Gasteiger partial charge < -0.3 is 29.8 Å². The minimum Gasteiger partial charge on any atom is -0.377 e. The van der Waals surface area contributed by atoms with Gasteiger partial charge in [-0.3, -0.25) is 43.8 Å². The molecule has 4 N–H and O–H groups in total. The normalized spacial score (nSPS) is 16.0. The number of ether oxygens (including phenoxy) is 3. The molecule has 0 aliphatic carbocycles. The molecule has 240 valence electrons. The van der Waals surface area contributed by atoms with Gasteiger partial charge in [0.15, 0.2) is 5.69 Å². The highest BCUT2D eigenvalue weighted by atomic mass is 16.5. The Bertz CT molecular complexity index is 1760. The van der Waals surface area contributed by atoms with Crippen LogP contribution in [0.3, 0.4) is 0 Å². The molecule has 1 aromatic heterocycles. The Labute approximate surface area is 260 Å². The van der Waals surface area contributed by atoms with Crippen molar-refractivity contribution in [3.63, 3.8) is 0 Å². The van der Waals surface area contributed by atoms with E-state index in [1.165, 1.54) is 18.2 Å². The summed E-state index contributed by atoms with van der Waals surface area (Å²) < 4.78 is 16.1. The quantitative estimate of drug-likeness (QED) is 0.134. The van der Waals surface area contributed by atoms with Gasteiger partial charge in [-0.05, 0) is 30.7 Å². The van der Waals surface area contributed by atoms with Crippen molar-refractivity contribution in [2.75, 3.05) is 51.5 Å². The average Bonchev–Trinajstić information content (AvgIpc) is 3.29. The van der Waals surface area contributed by atoms with E-state index < -0.39 is 47.0 Å². The maximum Gasteiger partial charge on any atom is 0.280 e. The van der Waals surface area contributed by atoms with E-state index in [2.05, 4.69) is 25.9 Å². The molecule has 2 aromatic carbocycles. The third kappa shape index (κ3) is 7.31. The second-order valence-electron chi connectivity index (χ2n) is 10.2. The van der Waals surface area contributed by atoms with E-state index in [1.54, 1.807) is 24.3 Å². The molecule has 16 heteroatoms. The van der Waals surface area contributed by atoms with Crippen LogP contribution in [0, 0.1) is 0 Å². The number of hydrogen-bond acceptors (Lipinski definition) is 11. The average molecular weight is 635 g/mol. The zero-order chi connectivity index (χ0) is 32.6. The Morgan fingerprint density at radius 3 is 2.41 bits per heavy atom. The summed E-state index contributed by atoms with van der Waals surface area (Å²) in [7, 11) is 0. The lowest BCUT2D eigenvalue weighted by molar-refractivity contribution is -0.136. The van der Waals surface area contributed by atoms with E-state index >= 15 is 0 Å². The van der Waals surface area contributed by atoms with Gasteiger partial charge in [0.1, 0.15) is 12.6 Å². The number of fused-ring (bicyclic) bond motifs is 2. The fourth-order valence-electron chi connectivity index (χ4n) is 4.91. The number of hydrogen-bond donors (Lipinski definition) is 4. The fourth-order valence-corrected chi connectivity index (χ4v) is 4.91. The van der Waals surface area contributed by atoms with E-state index in [4.69, 9.17) is 14.2 Å². The Morgan fingerprint density at radius 1 is 0.891 bits per heavy atom. The summed E-state index contributed by atoms with van der Waals surface area (Å²) >= 11 is 0. The summed E-state index contributed by atoms with van der Waals surface area (Å²) in [5.41, 5.74) is 0.329. The molecule has 1 unspecified atom stereocenters. The molecule has 0 radical (unpaired) electrons. The highest BCUT2D eigenvalue weighted by Crippen LogP contribution is 2.32. The Hall–Kier alpha value is -5.32. The van der Waals surface area contributed by atoms with Crippen LogP contribution < -0.4 is 21.5 Å². The smallest absolute Gasteiger partial charge is 0.280 e. The van der Waals surface area contributed by atoms with Gasteiger partial charge in [0.25, 0.3) is 23.3 Å². The van der Waals surface area contributed by atoms with Crippen LogP contribution in [-0.2, 0) is 28.6 Å². The van der Waals surface area contributed by atoms with Gasteiger partial charge in [-0.25, -0.2) is 4.98 Å². The number of anilines is 1. The van der Waals surface area contributed by atoms with Crippen LogP contribution >= 0.6 is 0 Å². The molecule has 0 spiro atoms. The monoisotopic (exact) mass is 634 g/mol. The van der Waals surface area contributed by atoms with Crippen LogP contribution in [0.2, 0.25) is 0 Å². The predicted octanol–water partition coefficient (Wildman–Crippen LogP) is -0.257. The van der Waals surface area contributed by atoms with Crippen molar-refractivity contribution in [3.8, 4) is 0 Å². The zero-order valence-electron chi connectivity index (χ0n) is 24.5. The molecule has 46 heavy (non-hydrogen) atoms. The third-order valence-electron chi connectivity index (χ3n) is 7.07. The molecule has 1 saturated heterocycles. The number of carbonyl (C=O) groups excluding carboxylic acids is 6. The number of nitrogens with one attached hydrogen (secondary N) is 4. The van der Waals surface area contributed by atoms with E-state index in [-0.39, 0.29) is 81.5 Å². The van der Waals surface area contributed by atoms with Gasteiger partial charge in [-0.15, -0.1) is 0 Å². The minimum atomic E-state index is -1.12. The van der Waals surface area contributed by atoms with Crippen LogP contribution in [0.25, 0.3) is 11.0 Å². The number of H-pyrrole nitrogens is 1. The Morgan fingerprint density at radius 2 is 1.63 bits per heavy atom. The van der Waals surface area contributed by atoms with Crippen LogP contribution in [0.1, 0.15) is 44.0 Å². The molecule has 6 amide bonds. The molecule has 3 heterocycles. The van der Waals surface area contributed by atoms with Crippen molar-refractivity contribution in [1.82, 2.24) is 25.5 Å². The van der Waals surface area contributed by atoms with Crippen LogP contribution in [0.5, 0.6) is 0 Å². The summed E-state index contributed by atoms with van der Waals surface area (Å²) in [6.07, 6.45) is 0.0165.